The van der Waals surface area contributed by atoms with Crippen LogP contribution in [0.3, 0.4) is 0 Å². The minimum Gasteiger partial charge on any atom is -0.480 e. The van der Waals surface area contributed by atoms with Gasteiger partial charge in [0.05, 0.1) is 5.52 Å². The van der Waals surface area contributed by atoms with Gasteiger partial charge in [0.15, 0.2) is 11.5 Å². The first-order chi connectivity index (χ1) is 16.4. The Hall–Kier alpha value is -3.63. The molecule has 0 saturated carbocycles. The summed E-state index contributed by atoms with van der Waals surface area (Å²) >= 11 is 0. The molecule has 1 saturated heterocycles. The predicted molar refractivity (Wildman–Crippen MR) is 119 cm³/mol. The number of hydrogen-bond acceptors (Lipinski definition) is 6. The Balaban J connectivity index is 1.34. The first-order valence-electron chi connectivity index (χ1n) is 11.0. The van der Waals surface area contributed by atoms with Gasteiger partial charge < -0.3 is 24.3 Å². The Morgan fingerprint density at radius 3 is 2.50 bits per heavy atom. The van der Waals surface area contributed by atoms with Crippen LogP contribution in [0.15, 0.2) is 42.6 Å². The molecule has 1 aromatic heterocycles. The summed E-state index contributed by atoms with van der Waals surface area (Å²) in [7, 11) is 0. The van der Waals surface area contributed by atoms with Crippen molar-refractivity contribution in [2.24, 2.45) is 0 Å². The van der Waals surface area contributed by atoms with Crippen molar-refractivity contribution in [1.82, 2.24) is 14.4 Å². The number of aliphatic carboxylic acids is 2. The van der Waals surface area contributed by atoms with Gasteiger partial charge in [0, 0.05) is 49.9 Å². The van der Waals surface area contributed by atoms with E-state index in [-0.39, 0.29) is 13.3 Å². The standard InChI is InChI=1S/C24H24FN3O6/c25-16-2-3-17-18(12-28(13-22(29)30)19(17)10-16)23(24(31)32)27-7-5-26(6-8-27)11-15-1-4-20-21(9-15)34-14-33-20/h1-4,9-10,12,23H,5-8,11,13-14H2,(H,29,30)(H,31,32)/t23-/m0/s1. The average molecular weight is 469 g/mol. The van der Waals surface area contributed by atoms with Gasteiger partial charge in [0.2, 0.25) is 6.79 Å². The topological polar surface area (TPSA) is 104 Å². The lowest BCUT2D eigenvalue weighted by Gasteiger charge is -2.37. The molecule has 2 aromatic carbocycles. The summed E-state index contributed by atoms with van der Waals surface area (Å²) in [5.41, 5.74) is 1.92. The van der Waals surface area contributed by atoms with Crippen molar-refractivity contribution >= 4 is 22.8 Å². The summed E-state index contributed by atoms with van der Waals surface area (Å²) in [5.74, 6) is -1.15. The van der Waals surface area contributed by atoms with Gasteiger partial charge in [0.1, 0.15) is 18.4 Å². The highest BCUT2D eigenvalue weighted by Crippen LogP contribution is 2.34. The number of nitrogens with zero attached hydrogens (tertiary/aromatic N) is 3. The van der Waals surface area contributed by atoms with Crippen molar-refractivity contribution in [2.45, 2.75) is 19.1 Å². The molecule has 2 aliphatic rings. The van der Waals surface area contributed by atoms with Crippen molar-refractivity contribution in [3.8, 4) is 11.5 Å². The van der Waals surface area contributed by atoms with Crippen molar-refractivity contribution in [3.63, 3.8) is 0 Å². The first kappa shape index (κ1) is 22.2. The number of piperazine rings is 1. The zero-order chi connectivity index (χ0) is 23.8. The molecule has 0 bridgehead atoms. The maximum absolute atomic E-state index is 13.9. The minimum atomic E-state index is -1.09. The quantitative estimate of drug-likeness (QED) is 0.544. The van der Waals surface area contributed by atoms with Crippen LogP contribution in [0.5, 0.6) is 11.5 Å². The van der Waals surface area contributed by atoms with Crippen molar-refractivity contribution in [2.75, 3.05) is 33.0 Å². The van der Waals surface area contributed by atoms with Gasteiger partial charge >= 0.3 is 11.9 Å². The van der Waals surface area contributed by atoms with Crippen LogP contribution in [0.2, 0.25) is 0 Å². The van der Waals surface area contributed by atoms with Gasteiger partial charge in [-0.15, -0.1) is 0 Å². The van der Waals surface area contributed by atoms with Crippen molar-refractivity contribution in [3.05, 3.63) is 59.5 Å². The smallest absolute Gasteiger partial charge is 0.325 e. The molecule has 0 radical (unpaired) electrons. The number of fused-ring (bicyclic) bond motifs is 2. The zero-order valence-corrected chi connectivity index (χ0v) is 18.3. The predicted octanol–water partition coefficient (Wildman–Crippen LogP) is 2.54. The van der Waals surface area contributed by atoms with Gasteiger partial charge in [-0.2, -0.15) is 0 Å². The second-order valence-electron chi connectivity index (χ2n) is 8.51. The largest absolute Gasteiger partial charge is 0.480 e. The first-order valence-corrected chi connectivity index (χ1v) is 11.0. The molecule has 1 fully saturated rings. The van der Waals surface area contributed by atoms with E-state index in [0.717, 1.165) is 17.1 Å². The highest BCUT2D eigenvalue weighted by atomic mass is 19.1. The summed E-state index contributed by atoms with van der Waals surface area (Å²) in [6.45, 7) is 2.93. The van der Waals surface area contributed by atoms with E-state index in [1.165, 1.54) is 29.0 Å². The molecule has 34 heavy (non-hydrogen) atoms. The molecule has 0 amide bonds. The lowest BCUT2D eigenvalue weighted by atomic mass is 10.0. The second kappa shape index (κ2) is 8.96. The van der Waals surface area contributed by atoms with E-state index < -0.39 is 23.8 Å². The van der Waals surface area contributed by atoms with Gasteiger partial charge in [-0.05, 0) is 35.9 Å². The van der Waals surface area contributed by atoms with E-state index >= 15 is 0 Å². The number of benzene rings is 2. The maximum atomic E-state index is 13.9. The third kappa shape index (κ3) is 4.29. The third-order valence-electron chi connectivity index (χ3n) is 6.32. The van der Waals surface area contributed by atoms with Crippen molar-refractivity contribution < 1.29 is 33.7 Å². The number of carboxylic acid groups (broad SMARTS) is 2. The molecule has 2 N–H and O–H groups in total. The Morgan fingerprint density at radius 2 is 1.76 bits per heavy atom. The molecule has 0 unspecified atom stereocenters. The molecule has 1 atom stereocenters. The van der Waals surface area contributed by atoms with Crippen LogP contribution in [0, 0.1) is 5.82 Å². The van der Waals surface area contributed by atoms with E-state index in [9.17, 15) is 24.2 Å². The van der Waals surface area contributed by atoms with Gasteiger partial charge in [-0.25, -0.2) is 4.39 Å². The Bertz CT molecular complexity index is 1250. The molecule has 3 heterocycles. The van der Waals surface area contributed by atoms with Gasteiger partial charge in [0.25, 0.3) is 0 Å². The average Bonchev–Trinajstić information content (AvgIpc) is 3.39. The molecule has 2 aliphatic heterocycles. The number of hydrogen-bond donors (Lipinski definition) is 2. The fourth-order valence-electron chi connectivity index (χ4n) is 4.75. The van der Waals surface area contributed by atoms with Gasteiger partial charge in [-0.3, -0.25) is 19.4 Å². The van der Waals surface area contributed by atoms with E-state index in [0.29, 0.717) is 49.2 Å². The maximum Gasteiger partial charge on any atom is 0.325 e. The van der Waals surface area contributed by atoms with Crippen LogP contribution >= 0.6 is 0 Å². The van der Waals surface area contributed by atoms with E-state index in [2.05, 4.69) is 4.90 Å². The second-order valence-corrected chi connectivity index (χ2v) is 8.51. The zero-order valence-electron chi connectivity index (χ0n) is 18.3. The number of aromatic nitrogens is 1. The highest BCUT2D eigenvalue weighted by molar-refractivity contribution is 5.90. The molecule has 0 aliphatic carbocycles. The van der Waals surface area contributed by atoms with Crippen LogP contribution in [0.1, 0.15) is 17.2 Å². The molecule has 0 spiro atoms. The Morgan fingerprint density at radius 1 is 1.00 bits per heavy atom. The Labute approximate surface area is 194 Å². The number of halogens is 1. The molecule has 178 valence electrons. The summed E-state index contributed by atoms with van der Waals surface area (Å²) in [5, 5.41) is 19.9. The lowest BCUT2D eigenvalue weighted by molar-refractivity contribution is -0.144. The van der Waals surface area contributed by atoms with E-state index in [4.69, 9.17) is 9.47 Å². The molecule has 9 nitrogen and oxygen atoms in total. The number of rotatable bonds is 7. The number of carbonyl (C=O) groups is 2. The van der Waals surface area contributed by atoms with Crippen LogP contribution in [-0.2, 0) is 22.7 Å². The number of carboxylic acids is 2. The molecule has 10 heteroatoms. The van der Waals surface area contributed by atoms with Crippen LogP contribution in [0.25, 0.3) is 10.9 Å². The SMILES string of the molecule is O=C(O)Cn1cc([C@@H](C(=O)O)N2CCN(Cc3ccc4c(c3)OCO4)CC2)c2ccc(F)cc21. The van der Waals surface area contributed by atoms with Crippen LogP contribution in [0.4, 0.5) is 4.39 Å². The summed E-state index contributed by atoms with van der Waals surface area (Å²) in [6, 6.07) is 8.91. The molecular formula is C24H24FN3O6. The number of ether oxygens (including phenoxy) is 2. The monoisotopic (exact) mass is 469 g/mol. The summed E-state index contributed by atoms with van der Waals surface area (Å²) < 4.78 is 26.1. The minimum absolute atomic E-state index is 0.226. The fraction of sp³-hybridized carbons (Fsp3) is 0.333. The summed E-state index contributed by atoms with van der Waals surface area (Å²) in [6.07, 6.45) is 1.52. The Kier molecular flexibility index (Phi) is 5.84. The van der Waals surface area contributed by atoms with E-state index in [1.807, 2.05) is 23.1 Å². The lowest BCUT2D eigenvalue weighted by Crippen LogP contribution is -2.48. The van der Waals surface area contributed by atoms with Crippen LogP contribution in [-0.4, -0.2) is 69.5 Å². The fourth-order valence-corrected chi connectivity index (χ4v) is 4.75. The molecular weight excluding hydrogens is 445 g/mol. The third-order valence-corrected chi connectivity index (χ3v) is 6.32. The summed E-state index contributed by atoms with van der Waals surface area (Å²) in [4.78, 5) is 27.8. The van der Waals surface area contributed by atoms with Crippen LogP contribution < -0.4 is 9.47 Å². The highest BCUT2D eigenvalue weighted by Gasteiger charge is 2.33. The molecule has 5 rings (SSSR count). The normalized spacial score (nSPS) is 17.2. The van der Waals surface area contributed by atoms with E-state index in [1.54, 1.807) is 0 Å². The van der Waals surface area contributed by atoms with Gasteiger partial charge in [-0.1, -0.05) is 6.07 Å². The molecule has 3 aromatic rings. The van der Waals surface area contributed by atoms with Crippen molar-refractivity contribution in [1.29, 1.82) is 0 Å².